The van der Waals surface area contributed by atoms with E-state index in [2.05, 4.69) is 30.9 Å². The molecule has 4 rings (SSSR count). The summed E-state index contributed by atoms with van der Waals surface area (Å²) in [4.78, 5) is 21.4. The second-order valence-corrected chi connectivity index (χ2v) is 8.13. The van der Waals surface area contributed by atoms with Crippen LogP contribution in [0.1, 0.15) is 20.8 Å². The summed E-state index contributed by atoms with van der Waals surface area (Å²) >= 11 is 0. The van der Waals surface area contributed by atoms with Gasteiger partial charge in [0.1, 0.15) is 11.6 Å². The second-order valence-electron chi connectivity index (χ2n) is 8.13. The average Bonchev–Trinajstić information content (AvgIpc) is 3.35. The molecule has 1 amide bonds. The molecule has 0 unspecified atom stereocenters. The van der Waals surface area contributed by atoms with E-state index in [0.29, 0.717) is 23.0 Å². The average molecular weight is 420 g/mol. The number of nitrogens with zero attached hydrogens (tertiary/aromatic N) is 5. The predicted octanol–water partition coefficient (Wildman–Crippen LogP) is 2.79. The van der Waals surface area contributed by atoms with Crippen molar-refractivity contribution in [2.24, 2.45) is 7.05 Å². The van der Waals surface area contributed by atoms with Crippen molar-refractivity contribution >= 4 is 28.4 Å². The van der Waals surface area contributed by atoms with E-state index in [-0.39, 0.29) is 18.1 Å². The van der Waals surface area contributed by atoms with Gasteiger partial charge in [0.2, 0.25) is 0 Å². The van der Waals surface area contributed by atoms with Crippen LogP contribution in [0.25, 0.3) is 22.4 Å². The zero-order chi connectivity index (χ0) is 22.0. The minimum absolute atomic E-state index is 0.0738. The van der Waals surface area contributed by atoms with E-state index in [1.807, 2.05) is 46.0 Å². The highest BCUT2D eigenvalue weighted by Gasteiger charge is 2.16. The van der Waals surface area contributed by atoms with Crippen LogP contribution in [0, 0.1) is 0 Å². The van der Waals surface area contributed by atoms with Gasteiger partial charge in [-0.25, -0.2) is 9.97 Å². The lowest BCUT2D eigenvalue weighted by Gasteiger charge is -2.20. The van der Waals surface area contributed by atoms with Crippen LogP contribution >= 0.6 is 0 Å². The standard InChI is InChI=1S/C21H24N8O2/c1-21(2,3)28-17(30)12-31-15-7-5-6-13(8-15)18-26-19(25-14-9-22-23-10-14)16-11-24-29(4)20(16)27-18/h5-11H,12H2,1-4H3,(H,22,23)(H,28,30)(H,25,26,27). The van der Waals surface area contributed by atoms with Gasteiger partial charge in [-0.15, -0.1) is 0 Å². The minimum atomic E-state index is -0.312. The molecule has 160 valence electrons. The molecule has 3 aromatic heterocycles. The Labute approximate surface area is 179 Å². The van der Waals surface area contributed by atoms with Crippen molar-refractivity contribution in [3.05, 3.63) is 42.9 Å². The fourth-order valence-electron chi connectivity index (χ4n) is 3.03. The lowest BCUT2D eigenvalue weighted by atomic mass is 10.1. The van der Waals surface area contributed by atoms with Crippen LogP contribution in [-0.4, -0.2) is 48.0 Å². The molecule has 3 N–H and O–H groups in total. The van der Waals surface area contributed by atoms with Crippen molar-refractivity contribution in [1.29, 1.82) is 0 Å². The lowest BCUT2D eigenvalue weighted by Crippen LogP contribution is -2.43. The van der Waals surface area contributed by atoms with E-state index in [4.69, 9.17) is 9.72 Å². The molecule has 10 heteroatoms. The summed E-state index contributed by atoms with van der Waals surface area (Å²) in [6.07, 6.45) is 5.12. The summed E-state index contributed by atoms with van der Waals surface area (Å²) < 4.78 is 7.37. The summed E-state index contributed by atoms with van der Waals surface area (Å²) in [5.41, 5.74) is 1.91. The van der Waals surface area contributed by atoms with Crippen LogP contribution < -0.4 is 15.4 Å². The number of hydrogen-bond donors (Lipinski definition) is 3. The maximum atomic E-state index is 12.1. The number of aromatic amines is 1. The summed E-state index contributed by atoms with van der Waals surface area (Å²) in [7, 11) is 1.83. The molecule has 0 fully saturated rings. The van der Waals surface area contributed by atoms with Gasteiger partial charge in [-0.05, 0) is 32.9 Å². The van der Waals surface area contributed by atoms with Gasteiger partial charge in [-0.3, -0.25) is 14.6 Å². The molecule has 31 heavy (non-hydrogen) atoms. The number of ether oxygens (including phenoxy) is 1. The number of aryl methyl sites for hydroxylation is 1. The van der Waals surface area contributed by atoms with E-state index in [1.54, 1.807) is 29.3 Å². The summed E-state index contributed by atoms with van der Waals surface area (Å²) in [5.74, 6) is 1.49. The molecule has 1 aromatic carbocycles. The predicted molar refractivity (Wildman–Crippen MR) is 117 cm³/mol. The Morgan fingerprint density at radius 1 is 1.23 bits per heavy atom. The highest BCUT2D eigenvalue weighted by Crippen LogP contribution is 2.28. The molecule has 0 atom stereocenters. The van der Waals surface area contributed by atoms with E-state index < -0.39 is 0 Å². The van der Waals surface area contributed by atoms with Crippen LogP contribution in [0.5, 0.6) is 5.75 Å². The molecule has 0 spiro atoms. The third-order valence-corrected chi connectivity index (χ3v) is 4.33. The largest absolute Gasteiger partial charge is 0.484 e. The Balaban J connectivity index is 1.62. The number of nitrogens with one attached hydrogen (secondary N) is 3. The molecule has 0 saturated carbocycles. The normalized spacial score (nSPS) is 11.5. The topological polar surface area (TPSA) is 123 Å². The van der Waals surface area contributed by atoms with Crippen LogP contribution in [0.3, 0.4) is 0 Å². The van der Waals surface area contributed by atoms with Gasteiger partial charge in [0.25, 0.3) is 5.91 Å². The van der Waals surface area contributed by atoms with Gasteiger partial charge in [0.15, 0.2) is 18.1 Å². The molecule has 0 aliphatic heterocycles. The van der Waals surface area contributed by atoms with Gasteiger partial charge in [-0.1, -0.05) is 12.1 Å². The monoisotopic (exact) mass is 420 g/mol. The first-order valence-electron chi connectivity index (χ1n) is 9.78. The number of carbonyl (C=O) groups is 1. The maximum absolute atomic E-state index is 12.1. The molecule has 4 aromatic rings. The quantitative estimate of drug-likeness (QED) is 0.438. The number of anilines is 2. The first kappa shape index (κ1) is 20.3. The Kier molecular flexibility index (Phi) is 5.28. The van der Waals surface area contributed by atoms with E-state index >= 15 is 0 Å². The Morgan fingerprint density at radius 2 is 2.06 bits per heavy atom. The van der Waals surface area contributed by atoms with E-state index in [0.717, 1.165) is 16.6 Å². The first-order chi connectivity index (χ1) is 14.8. The van der Waals surface area contributed by atoms with Crippen molar-refractivity contribution < 1.29 is 9.53 Å². The molecule has 10 nitrogen and oxygen atoms in total. The second kappa shape index (κ2) is 8.05. The van der Waals surface area contributed by atoms with E-state index in [1.165, 1.54) is 0 Å². The van der Waals surface area contributed by atoms with Crippen LogP contribution in [0.2, 0.25) is 0 Å². The highest BCUT2D eigenvalue weighted by atomic mass is 16.5. The Hall–Kier alpha value is -3.95. The number of rotatable bonds is 6. The van der Waals surface area contributed by atoms with Crippen molar-refractivity contribution in [1.82, 2.24) is 35.3 Å². The molecule has 0 aliphatic rings. The number of aromatic nitrogens is 6. The van der Waals surface area contributed by atoms with Crippen LogP contribution in [0.15, 0.2) is 42.9 Å². The minimum Gasteiger partial charge on any atom is -0.484 e. The molecular formula is C21H24N8O2. The van der Waals surface area contributed by atoms with Crippen LogP contribution in [0.4, 0.5) is 11.5 Å². The van der Waals surface area contributed by atoms with Crippen molar-refractivity contribution in [2.75, 3.05) is 11.9 Å². The molecule has 0 radical (unpaired) electrons. The van der Waals surface area contributed by atoms with Gasteiger partial charge < -0.3 is 15.4 Å². The first-order valence-corrected chi connectivity index (χ1v) is 9.78. The lowest BCUT2D eigenvalue weighted by molar-refractivity contribution is -0.124. The fourth-order valence-corrected chi connectivity index (χ4v) is 3.03. The summed E-state index contributed by atoms with van der Waals surface area (Å²) in [5, 5.41) is 17.9. The number of benzene rings is 1. The third kappa shape index (κ3) is 4.80. The molecular weight excluding hydrogens is 396 g/mol. The Bertz CT molecular complexity index is 1210. The molecule has 0 saturated heterocycles. The van der Waals surface area contributed by atoms with Crippen molar-refractivity contribution in [3.8, 4) is 17.1 Å². The summed E-state index contributed by atoms with van der Waals surface area (Å²) in [6.45, 7) is 5.70. The number of amides is 1. The number of carbonyl (C=O) groups excluding carboxylic acids is 1. The number of fused-ring (bicyclic) bond motifs is 1. The fraction of sp³-hybridized carbons (Fsp3) is 0.286. The zero-order valence-corrected chi connectivity index (χ0v) is 17.8. The molecule has 3 heterocycles. The SMILES string of the molecule is Cn1ncc2c(Nc3cn[nH]c3)nc(-c3cccc(OCC(=O)NC(C)(C)C)c3)nc21. The zero-order valence-electron chi connectivity index (χ0n) is 17.8. The van der Waals surface area contributed by atoms with Gasteiger partial charge >= 0.3 is 0 Å². The Morgan fingerprint density at radius 3 is 2.81 bits per heavy atom. The highest BCUT2D eigenvalue weighted by molar-refractivity contribution is 5.90. The van der Waals surface area contributed by atoms with Crippen LogP contribution in [-0.2, 0) is 11.8 Å². The van der Waals surface area contributed by atoms with E-state index in [9.17, 15) is 4.79 Å². The van der Waals surface area contributed by atoms with Gasteiger partial charge in [0.05, 0.1) is 23.5 Å². The number of hydrogen-bond acceptors (Lipinski definition) is 7. The van der Waals surface area contributed by atoms with Gasteiger partial charge in [-0.2, -0.15) is 10.2 Å². The smallest absolute Gasteiger partial charge is 0.258 e. The van der Waals surface area contributed by atoms with Crippen molar-refractivity contribution in [2.45, 2.75) is 26.3 Å². The van der Waals surface area contributed by atoms with Crippen molar-refractivity contribution in [3.63, 3.8) is 0 Å². The molecule has 0 aliphatic carbocycles. The number of H-pyrrole nitrogens is 1. The molecule has 0 bridgehead atoms. The van der Waals surface area contributed by atoms with Gasteiger partial charge in [0, 0.05) is 24.3 Å². The third-order valence-electron chi connectivity index (χ3n) is 4.33. The summed E-state index contributed by atoms with van der Waals surface area (Å²) in [6, 6.07) is 7.33. The maximum Gasteiger partial charge on any atom is 0.258 e.